The van der Waals surface area contributed by atoms with Gasteiger partial charge < -0.3 is 15.3 Å². The molecule has 108 valence electrons. The molecule has 0 spiro atoms. The molecular formula is C13H23BrN4O. The fourth-order valence-corrected chi connectivity index (χ4v) is 2.15. The minimum absolute atomic E-state index is 0.520. The smallest absolute Gasteiger partial charge is 0.224 e. The van der Waals surface area contributed by atoms with Crippen LogP contribution >= 0.6 is 15.9 Å². The fourth-order valence-electron chi connectivity index (χ4n) is 1.71. The molecule has 0 aromatic carbocycles. The summed E-state index contributed by atoms with van der Waals surface area (Å²) in [4.78, 5) is 10.8. The monoisotopic (exact) mass is 330 g/mol. The van der Waals surface area contributed by atoms with Crippen molar-refractivity contribution in [3.63, 3.8) is 0 Å². The molecule has 0 aliphatic rings. The van der Waals surface area contributed by atoms with Gasteiger partial charge in [-0.25, -0.2) is 4.98 Å². The summed E-state index contributed by atoms with van der Waals surface area (Å²) >= 11 is 3.47. The number of halogens is 1. The quantitative estimate of drug-likeness (QED) is 0.804. The van der Waals surface area contributed by atoms with Crippen LogP contribution in [0.4, 0.5) is 11.8 Å². The van der Waals surface area contributed by atoms with E-state index in [0.29, 0.717) is 12.5 Å². The average Bonchev–Trinajstić information content (AvgIpc) is 2.34. The van der Waals surface area contributed by atoms with E-state index in [9.17, 15) is 5.11 Å². The standard InChI is InChI=1S/C13H23BrN4O/c1-5-7-15-12-16-8-10(14)11(17-12)18(6-2)9-13(3,4)19/h8,19H,5-7,9H2,1-4H3,(H,15,16,17). The Balaban J connectivity index is 2.95. The first kappa shape index (κ1) is 16.2. The van der Waals surface area contributed by atoms with Crippen LogP contribution in [-0.2, 0) is 0 Å². The first-order valence-corrected chi connectivity index (χ1v) is 7.40. The summed E-state index contributed by atoms with van der Waals surface area (Å²) in [5, 5.41) is 13.1. The van der Waals surface area contributed by atoms with Crippen LogP contribution in [0.25, 0.3) is 0 Å². The highest BCUT2D eigenvalue weighted by atomic mass is 79.9. The molecule has 0 radical (unpaired) electrons. The number of aliphatic hydroxyl groups is 1. The Morgan fingerprint density at radius 2 is 2.11 bits per heavy atom. The fraction of sp³-hybridized carbons (Fsp3) is 0.692. The third-order valence-corrected chi connectivity index (χ3v) is 3.08. The van der Waals surface area contributed by atoms with Crippen LogP contribution in [-0.4, -0.2) is 40.3 Å². The highest BCUT2D eigenvalue weighted by molar-refractivity contribution is 9.10. The lowest BCUT2D eigenvalue weighted by Crippen LogP contribution is -2.39. The Kier molecular flexibility index (Phi) is 6.00. The molecule has 0 unspecified atom stereocenters. The van der Waals surface area contributed by atoms with Gasteiger partial charge in [0.1, 0.15) is 5.82 Å². The summed E-state index contributed by atoms with van der Waals surface area (Å²) < 4.78 is 0.834. The summed E-state index contributed by atoms with van der Waals surface area (Å²) in [6.07, 6.45) is 2.77. The minimum atomic E-state index is -0.766. The second kappa shape index (κ2) is 7.05. The van der Waals surface area contributed by atoms with Crippen LogP contribution in [0.15, 0.2) is 10.7 Å². The lowest BCUT2D eigenvalue weighted by Gasteiger charge is -2.29. The molecule has 0 saturated heterocycles. The molecule has 0 saturated carbocycles. The van der Waals surface area contributed by atoms with Crippen LogP contribution in [0.5, 0.6) is 0 Å². The normalized spacial score (nSPS) is 11.5. The maximum absolute atomic E-state index is 9.97. The Morgan fingerprint density at radius 1 is 1.42 bits per heavy atom. The van der Waals surface area contributed by atoms with E-state index in [4.69, 9.17) is 0 Å². The number of nitrogens with zero attached hydrogens (tertiary/aromatic N) is 3. The van der Waals surface area contributed by atoms with Gasteiger partial charge in [-0.1, -0.05) is 6.92 Å². The Bertz CT molecular complexity index is 406. The number of nitrogens with one attached hydrogen (secondary N) is 1. The van der Waals surface area contributed by atoms with E-state index in [2.05, 4.69) is 38.1 Å². The zero-order valence-corrected chi connectivity index (χ0v) is 13.7. The molecule has 6 heteroatoms. The van der Waals surface area contributed by atoms with Crippen LogP contribution in [0.1, 0.15) is 34.1 Å². The number of rotatable bonds is 7. The molecule has 1 heterocycles. The average molecular weight is 331 g/mol. The van der Waals surface area contributed by atoms with Gasteiger partial charge in [0, 0.05) is 25.8 Å². The third kappa shape index (κ3) is 5.32. The van der Waals surface area contributed by atoms with E-state index in [0.717, 1.165) is 29.8 Å². The van der Waals surface area contributed by atoms with Gasteiger partial charge in [-0.15, -0.1) is 0 Å². The highest BCUT2D eigenvalue weighted by Gasteiger charge is 2.20. The topological polar surface area (TPSA) is 61.3 Å². The molecule has 2 N–H and O–H groups in total. The van der Waals surface area contributed by atoms with Gasteiger partial charge in [0.25, 0.3) is 0 Å². The van der Waals surface area contributed by atoms with Crippen molar-refractivity contribution in [2.75, 3.05) is 29.9 Å². The number of anilines is 2. The van der Waals surface area contributed by atoms with E-state index in [1.165, 1.54) is 0 Å². The van der Waals surface area contributed by atoms with Crippen LogP contribution in [0, 0.1) is 0 Å². The van der Waals surface area contributed by atoms with Crippen molar-refractivity contribution in [3.8, 4) is 0 Å². The van der Waals surface area contributed by atoms with E-state index in [1.54, 1.807) is 20.0 Å². The number of likely N-dealkylation sites (N-methyl/N-ethyl adjacent to an activating group) is 1. The van der Waals surface area contributed by atoms with Gasteiger partial charge in [-0.2, -0.15) is 4.98 Å². The summed E-state index contributed by atoms with van der Waals surface area (Å²) in [6, 6.07) is 0. The number of hydrogen-bond acceptors (Lipinski definition) is 5. The van der Waals surface area contributed by atoms with Crippen molar-refractivity contribution in [3.05, 3.63) is 10.7 Å². The van der Waals surface area contributed by atoms with Gasteiger partial charge in [-0.05, 0) is 43.1 Å². The van der Waals surface area contributed by atoms with Crippen LogP contribution in [0.3, 0.4) is 0 Å². The van der Waals surface area contributed by atoms with Crippen LogP contribution in [0.2, 0.25) is 0 Å². The molecule has 1 aromatic rings. The van der Waals surface area contributed by atoms with Crippen molar-refractivity contribution >= 4 is 27.7 Å². The molecule has 0 amide bonds. The number of hydrogen-bond donors (Lipinski definition) is 2. The third-order valence-electron chi connectivity index (χ3n) is 2.52. The molecular weight excluding hydrogens is 308 g/mol. The molecule has 0 aliphatic carbocycles. The first-order valence-electron chi connectivity index (χ1n) is 6.61. The van der Waals surface area contributed by atoms with Crippen molar-refractivity contribution in [2.45, 2.75) is 39.7 Å². The minimum Gasteiger partial charge on any atom is -0.389 e. The first-order chi connectivity index (χ1) is 8.87. The van der Waals surface area contributed by atoms with E-state index in [1.807, 2.05) is 11.8 Å². The van der Waals surface area contributed by atoms with Crippen molar-refractivity contribution < 1.29 is 5.11 Å². The number of aromatic nitrogens is 2. The summed E-state index contributed by atoms with van der Waals surface area (Å²) in [5.41, 5.74) is -0.766. The van der Waals surface area contributed by atoms with Gasteiger partial charge in [0.05, 0.1) is 10.1 Å². The van der Waals surface area contributed by atoms with Crippen LogP contribution < -0.4 is 10.2 Å². The summed E-state index contributed by atoms with van der Waals surface area (Å²) in [5.74, 6) is 1.42. The highest BCUT2D eigenvalue weighted by Crippen LogP contribution is 2.25. The van der Waals surface area contributed by atoms with Gasteiger partial charge in [-0.3, -0.25) is 0 Å². The van der Waals surface area contributed by atoms with Crippen molar-refractivity contribution in [1.82, 2.24) is 9.97 Å². The van der Waals surface area contributed by atoms with Crippen molar-refractivity contribution in [2.24, 2.45) is 0 Å². The maximum Gasteiger partial charge on any atom is 0.224 e. The lowest BCUT2D eigenvalue weighted by molar-refractivity contribution is 0.0874. The van der Waals surface area contributed by atoms with Gasteiger partial charge in [0.2, 0.25) is 5.95 Å². The Hall–Kier alpha value is -0.880. The van der Waals surface area contributed by atoms with E-state index < -0.39 is 5.60 Å². The summed E-state index contributed by atoms with van der Waals surface area (Å²) in [7, 11) is 0. The van der Waals surface area contributed by atoms with Crippen molar-refractivity contribution in [1.29, 1.82) is 0 Å². The molecule has 0 aliphatic heterocycles. The van der Waals surface area contributed by atoms with E-state index in [-0.39, 0.29) is 0 Å². The summed E-state index contributed by atoms with van der Waals surface area (Å²) in [6.45, 7) is 9.86. The molecule has 1 aromatic heterocycles. The molecule has 0 atom stereocenters. The lowest BCUT2D eigenvalue weighted by atomic mass is 10.1. The molecule has 0 fully saturated rings. The second-order valence-corrected chi connectivity index (χ2v) is 5.97. The predicted molar refractivity (Wildman–Crippen MR) is 82.7 cm³/mol. The SMILES string of the molecule is CCCNc1ncc(Br)c(N(CC)CC(C)(C)O)n1. The maximum atomic E-state index is 9.97. The molecule has 5 nitrogen and oxygen atoms in total. The second-order valence-electron chi connectivity index (χ2n) is 5.12. The van der Waals surface area contributed by atoms with Gasteiger partial charge in [0.15, 0.2) is 0 Å². The van der Waals surface area contributed by atoms with Gasteiger partial charge >= 0.3 is 0 Å². The molecule has 19 heavy (non-hydrogen) atoms. The predicted octanol–water partition coefficient (Wildman–Crippen LogP) is 2.66. The Labute approximate surface area is 123 Å². The molecule has 1 rings (SSSR count). The zero-order valence-electron chi connectivity index (χ0n) is 12.1. The molecule has 0 bridgehead atoms. The largest absolute Gasteiger partial charge is 0.389 e. The Morgan fingerprint density at radius 3 is 2.63 bits per heavy atom. The van der Waals surface area contributed by atoms with E-state index >= 15 is 0 Å². The zero-order chi connectivity index (χ0) is 14.5.